The molecule has 0 saturated carbocycles. The molecule has 0 fully saturated rings. The second-order valence-corrected chi connectivity index (χ2v) is 5.22. The van der Waals surface area contributed by atoms with E-state index in [0.29, 0.717) is 0 Å². The van der Waals surface area contributed by atoms with Crippen molar-refractivity contribution in [1.82, 2.24) is 0 Å². The molecule has 0 unspecified atom stereocenters. The molecular weight excluding hydrogens is 220 g/mol. The third-order valence-electron chi connectivity index (χ3n) is 1.51. The molecule has 0 radical (unpaired) electrons. The van der Waals surface area contributed by atoms with Crippen molar-refractivity contribution in [3.05, 3.63) is 46.8 Å². The smallest absolute Gasteiger partial charge is 0.0661 e. The zero-order valence-corrected chi connectivity index (χ0v) is 9.12. The predicted octanol–water partition coefficient (Wildman–Crippen LogP) is 4.55. The van der Waals surface area contributed by atoms with Gasteiger partial charge in [0.2, 0.25) is 0 Å². The number of halogens is 1. The van der Waals surface area contributed by atoms with Crippen molar-refractivity contribution in [2.24, 2.45) is 0 Å². The van der Waals surface area contributed by atoms with Gasteiger partial charge >= 0.3 is 0 Å². The first-order valence-corrected chi connectivity index (χ1v) is 5.89. The third kappa shape index (κ3) is 2.50. The van der Waals surface area contributed by atoms with E-state index in [9.17, 15) is 0 Å². The fraction of sp³-hybridized carbons (Fsp3) is 0. The summed E-state index contributed by atoms with van der Waals surface area (Å²) >= 11 is 9.24. The summed E-state index contributed by atoms with van der Waals surface area (Å²) in [4.78, 5) is 1.25. The summed E-state index contributed by atoms with van der Waals surface area (Å²) in [6, 6.07) is 12.3. The number of rotatable bonds is 2. The number of benzene rings is 1. The summed E-state index contributed by atoms with van der Waals surface area (Å²) in [5, 5.41) is 2.77. The average molecular weight is 227 g/mol. The minimum Gasteiger partial charge on any atom is -0.135 e. The van der Waals surface area contributed by atoms with Crippen LogP contribution in [-0.4, -0.2) is 0 Å². The molecule has 0 amide bonds. The van der Waals surface area contributed by atoms with Crippen LogP contribution in [0.4, 0.5) is 0 Å². The Bertz CT molecular complexity index is 381. The van der Waals surface area contributed by atoms with Crippen molar-refractivity contribution < 1.29 is 0 Å². The Hall–Kier alpha value is -0.440. The molecule has 0 bridgehead atoms. The molecular formula is C10H7ClS2. The summed E-state index contributed by atoms with van der Waals surface area (Å²) < 4.78 is 1.23. The van der Waals surface area contributed by atoms with Crippen LogP contribution >= 0.6 is 34.7 Å². The highest BCUT2D eigenvalue weighted by Crippen LogP contribution is 2.33. The van der Waals surface area contributed by atoms with Crippen LogP contribution in [0.15, 0.2) is 50.9 Å². The van der Waals surface area contributed by atoms with Crippen molar-refractivity contribution in [1.29, 1.82) is 0 Å². The van der Waals surface area contributed by atoms with Crippen molar-refractivity contribution in [3.8, 4) is 0 Å². The van der Waals surface area contributed by atoms with Crippen molar-refractivity contribution >= 4 is 34.7 Å². The Kier molecular flexibility index (Phi) is 2.94. The van der Waals surface area contributed by atoms with E-state index in [0.717, 1.165) is 5.02 Å². The van der Waals surface area contributed by atoms with Crippen LogP contribution in [0.5, 0.6) is 0 Å². The van der Waals surface area contributed by atoms with E-state index in [1.54, 1.807) is 23.1 Å². The van der Waals surface area contributed by atoms with Gasteiger partial charge in [-0.15, -0.1) is 11.3 Å². The summed E-state index contributed by atoms with van der Waals surface area (Å²) in [6.45, 7) is 0. The normalized spacial score (nSPS) is 10.2. The van der Waals surface area contributed by atoms with Gasteiger partial charge in [0, 0.05) is 10.3 Å². The molecule has 1 heterocycles. The van der Waals surface area contributed by atoms with Gasteiger partial charge in [-0.25, -0.2) is 0 Å². The highest BCUT2D eigenvalue weighted by molar-refractivity contribution is 8.01. The molecule has 0 nitrogen and oxygen atoms in total. The van der Waals surface area contributed by atoms with Crippen molar-refractivity contribution in [3.63, 3.8) is 0 Å². The molecule has 0 aliphatic carbocycles. The Balaban J connectivity index is 2.15. The number of thiophene rings is 1. The molecule has 0 N–H and O–H groups in total. The molecule has 0 saturated heterocycles. The molecule has 1 aromatic carbocycles. The molecule has 0 spiro atoms. The predicted molar refractivity (Wildman–Crippen MR) is 59.9 cm³/mol. The van der Waals surface area contributed by atoms with Gasteiger partial charge in [-0.1, -0.05) is 41.6 Å². The lowest BCUT2D eigenvalue weighted by molar-refractivity contribution is 1.46. The highest BCUT2D eigenvalue weighted by atomic mass is 35.5. The minimum absolute atomic E-state index is 0.823. The van der Waals surface area contributed by atoms with Gasteiger partial charge in [-0.3, -0.25) is 0 Å². The van der Waals surface area contributed by atoms with Crippen LogP contribution in [0.3, 0.4) is 0 Å². The first kappa shape index (κ1) is 9.13. The van der Waals surface area contributed by atoms with E-state index >= 15 is 0 Å². The quantitative estimate of drug-likeness (QED) is 0.724. The summed E-state index contributed by atoms with van der Waals surface area (Å²) in [5.74, 6) is 0. The van der Waals surface area contributed by atoms with Crippen molar-refractivity contribution in [2.75, 3.05) is 0 Å². The van der Waals surface area contributed by atoms with Crippen LogP contribution < -0.4 is 0 Å². The van der Waals surface area contributed by atoms with Gasteiger partial charge in [0.15, 0.2) is 0 Å². The molecule has 3 heteroatoms. The first-order chi connectivity index (χ1) is 6.34. The third-order valence-corrected chi connectivity index (χ3v) is 3.94. The van der Waals surface area contributed by atoms with Crippen molar-refractivity contribution in [2.45, 2.75) is 9.10 Å². The lowest BCUT2D eigenvalue weighted by atomic mass is 10.4. The molecule has 1 aromatic heterocycles. The first-order valence-electron chi connectivity index (χ1n) is 3.81. The van der Waals surface area contributed by atoms with Crippen LogP contribution in [0.25, 0.3) is 0 Å². The summed E-state index contributed by atoms with van der Waals surface area (Å²) in [6.07, 6.45) is 0. The van der Waals surface area contributed by atoms with E-state index < -0.39 is 0 Å². The van der Waals surface area contributed by atoms with Gasteiger partial charge in [0.25, 0.3) is 0 Å². The van der Waals surface area contributed by atoms with Gasteiger partial charge in [0.1, 0.15) is 0 Å². The molecule has 0 atom stereocenters. The van der Waals surface area contributed by atoms with Gasteiger partial charge < -0.3 is 0 Å². The fourth-order valence-electron chi connectivity index (χ4n) is 0.953. The van der Waals surface area contributed by atoms with Gasteiger partial charge in [0.05, 0.1) is 9.23 Å². The highest BCUT2D eigenvalue weighted by Gasteiger charge is 1.99. The van der Waals surface area contributed by atoms with E-state index in [-0.39, 0.29) is 0 Å². The summed E-state index contributed by atoms with van der Waals surface area (Å²) in [5.41, 5.74) is 0. The van der Waals surface area contributed by atoms with Gasteiger partial charge in [-0.05, 0) is 18.2 Å². The van der Waals surface area contributed by atoms with E-state index in [1.165, 1.54) is 9.10 Å². The van der Waals surface area contributed by atoms with E-state index in [4.69, 9.17) is 11.6 Å². The largest absolute Gasteiger partial charge is 0.135 e. The Labute approximate surface area is 90.6 Å². The monoisotopic (exact) mass is 226 g/mol. The maximum absolute atomic E-state index is 5.82. The van der Waals surface area contributed by atoms with Crippen LogP contribution in [-0.2, 0) is 0 Å². The average Bonchev–Trinajstić information content (AvgIpc) is 2.53. The van der Waals surface area contributed by atoms with Gasteiger partial charge in [-0.2, -0.15) is 0 Å². The lowest BCUT2D eigenvalue weighted by Crippen LogP contribution is -1.66. The second-order valence-electron chi connectivity index (χ2n) is 2.50. The van der Waals surface area contributed by atoms with E-state index in [2.05, 4.69) is 12.1 Å². The van der Waals surface area contributed by atoms with Crippen LogP contribution in [0.2, 0.25) is 5.02 Å². The molecule has 2 rings (SSSR count). The Morgan fingerprint density at radius 3 is 2.54 bits per heavy atom. The lowest BCUT2D eigenvalue weighted by Gasteiger charge is -1.95. The molecule has 0 aliphatic rings. The molecule has 0 aliphatic heterocycles. The Morgan fingerprint density at radius 2 is 1.92 bits per heavy atom. The maximum atomic E-state index is 5.82. The Morgan fingerprint density at radius 1 is 1.15 bits per heavy atom. The number of hydrogen-bond acceptors (Lipinski definition) is 2. The zero-order valence-electron chi connectivity index (χ0n) is 6.74. The zero-order chi connectivity index (χ0) is 9.10. The van der Waals surface area contributed by atoms with Crippen LogP contribution in [0, 0.1) is 0 Å². The molecule has 66 valence electrons. The standard InChI is InChI=1S/C10H7ClS2/c11-8-6-10(12-7-8)13-9-4-2-1-3-5-9/h1-7H. The number of hydrogen-bond donors (Lipinski definition) is 0. The fourth-order valence-corrected chi connectivity index (χ4v) is 3.15. The molecule has 2 aromatic rings. The van der Waals surface area contributed by atoms with Crippen LogP contribution in [0.1, 0.15) is 0 Å². The topological polar surface area (TPSA) is 0 Å². The SMILES string of the molecule is Clc1csc(Sc2ccccc2)c1. The second kappa shape index (κ2) is 4.18. The summed E-state index contributed by atoms with van der Waals surface area (Å²) in [7, 11) is 0. The maximum Gasteiger partial charge on any atom is 0.0661 e. The minimum atomic E-state index is 0.823. The molecule has 13 heavy (non-hydrogen) atoms. The van der Waals surface area contributed by atoms with E-state index in [1.807, 2.05) is 29.6 Å².